The van der Waals surface area contributed by atoms with Crippen LogP contribution in [0.2, 0.25) is 0 Å². The third-order valence-corrected chi connectivity index (χ3v) is 2.02. The van der Waals surface area contributed by atoms with Gasteiger partial charge < -0.3 is 5.11 Å². The van der Waals surface area contributed by atoms with E-state index < -0.39 is 22.7 Å². The first kappa shape index (κ1) is 14.8. The number of nitrogens with one attached hydrogen (secondary N) is 2. The van der Waals surface area contributed by atoms with Crippen LogP contribution < -0.4 is 10.9 Å². The molecule has 0 spiro atoms. The van der Waals surface area contributed by atoms with Gasteiger partial charge in [-0.15, -0.1) is 0 Å². The lowest BCUT2D eigenvalue weighted by molar-refractivity contribution is -0.384. The number of benzene rings is 1. The van der Waals surface area contributed by atoms with E-state index in [-0.39, 0.29) is 11.3 Å². The van der Waals surface area contributed by atoms with Gasteiger partial charge in [0.1, 0.15) is 0 Å². The van der Waals surface area contributed by atoms with Crippen LogP contribution in [0.15, 0.2) is 36.4 Å². The van der Waals surface area contributed by atoms with E-state index in [0.717, 1.165) is 18.2 Å². The van der Waals surface area contributed by atoms with Crippen LogP contribution in [0, 0.1) is 10.1 Å². The van der Waals surface area contributed by atoms with Crippen molar-refractivity contribution in [3.63, 3.8) is 0 Å². The molecule has 2 amide bonds. The summed E-state index contributed by atoms with van der Waals surface area (Å²) < 4.78 is 0. The highest BCUT2D eigenvalue weighted by Gasteiger charge is 2.09. The van der Waals surface area contributed by atoms with E-state index in [1.54, 1.807) is 0 Å². The fraction of sp³-hybridized carbons (Fsp3) is 0. The minimum Gasteiger partial charge on any atom is -0.478 e. The molecule has 0 unspecified atom stereocenters. The van der Waals surface area contributed by atoms with Gasteiger partial charge in [-0.3, -0.25) is 30.6 Å². The fourth-order valence-electron chi connectivity index (χ4n) is 1.11. The zero-order valence-corrected chi connectivity index (χ0v) is 9.90. The van der Waals surface area contributed by atoms with Crippen molar-refractivity contribution < 1.29 is 24.4 Å². The topological polar surface area (TPSA) is 139 Å². The summed E-state index contributed by atoms with van der Waals surface area (Å²) in [6, 6.07) is 4.71. The van der Waals surface area contributed by atoms with Crippen molar-refractivity contribution in [2.75, 3.05) is 0 Å². The molecule has 20 heavy (non-hydrogen) atoms. The highest BCUT2D eigenvalue weighted by molar-refractivity contribution is 5.98. The molecule has 0 bridgehead atoms. The van der Waals surface area contributed by atoms with Crippen LogP contribution in [0.1, 0.15) is 10.4 Å². The summed E-state index contributed by atoms with van der Waals surface area (Å²) in [5.74, 6) is -2.83. The largest absolute Gasteiger partial charge is 0.478 e. The first-order valence-electron chi connectivity index (χ1n) is 5.16. The van der Waals surface area contributed by atoms with Crippen molar-refractivity contribution in [1.29, 1.82) is 0 Å². The Kier molecular flexibility index (Phi) is 4.92. The average molecular weight is 279 g/mol. The fourth-order valence-corrected chi connectivity index (χ4v) is 1.11. The first-order chi connectivity index (χ1) is 9.40. The number of carboxylic acid groups (broad SMARTS) is 1. The lowest BCUT2D eigenvalue weighted by Gasteiger charge is -2.04. The number of hydrogen-bond donors (Lipinski definition) is 3. The lowest BCUT2D eigenvalue weighted by atomic mass is 10.2. The minimum atomic E-state index is -1.30. The molecule has 9 heteroatoms. The van der Waals surface area contributed by atoms with Crippen molar-refractivity contribution in [3.8, 4) is 0 Å². The molecule has 0 aliphatic heterocycles. The molecule has 3 N–H and O–H groups in total. The molecule has 0 aliphatic carbocycles. The Morgan fingerprint density at radius 2 is 1.70 bits per heavy atom. The highest BCUT2D eigenvalue weighted by atomic mass is 16.6. The number of rotatable bonds is 4. The van der Waals surface area contributed by atoms with Crippen LogP contribution in [0.25, 0.3) is 0 Å². The highest BCUT2D eigenvalue weighted by Crippen LogP contribution is 2.11. The summed E-state index contributed by atoms with van der Waals surface area (Å²) in [5, 5.41) is 18.7. The summed E-state index contributed by atoms with van der Waals surface area (Å²) in [6.45, 7) is 0. The SMILES string of the molecule is O=C(O)/C=C/C(=O)NNC(=O)c1ccc([N+](=O)[O-])cc1. The van der Waals surface area contributed by atoms with E-state index in [4.69, 9.17) is 5.11 Å². The van der Waals surface area contributed by atoms with Crippen molar-refractivity contribution in [2.24, 2.45) is 0 Å². The van der Waals surface area contributed by atoms with Gasteiger partial charge in [0.2, 0.25) is 0 Å². The number of nitrogens with zero attached hydrogens (tertiary/aromatic N) is 1. The third-order valence-electron chi connectivity index (χ3n) is 2.02. The smallest absolute Gasteiger partial charge is 0.328 e. The van der Waals surface area contributed by atoms with Crippen molar-refractivity contribution in [1.82, 2.24) is 10.9 Å². The third kappa shape index (κ3) is 4.56. The molecular formula is C11H9N3O6. The van der Waals surface area contributed by atoms with E-state index in [0.29, 0.717) is 6.08 Å². The van der Waals surface area contributed by atoms with Gasteiger partial charge >= 0.3 is 5.97 Å². The molecule has 0 atom stereocenters. The number of amides is 2. The number of nitro groups is 1. The molecular weight excluding hydrogens is 270 g/mol. The van der Waals surface area contributed by atoms with E-state index in [9.17, 15) is 24.5 Å². The van der Waals surface area contributed by atoms with Crippen LogP contribution in [0.4, 0.5) is 5.69 Å². The number of non-ortho nitro benzene ring substituents is 1. The molecule has 1 aromatic rings. The number of carbonyl (C=O) groups excluding carboxylic acids is 2. The summed E-state index contributed by atoms with van der Waals surface area (Å²) in [5.41, 5.74) is 3.89. The van der Waals surface area contributed by atoms with Crippen molar-refractivity contribution >= 4 is 23.5 Å². The Balaban J connectivity index is 2.57. The lowest BCUT2D eigenvalue weighted by Crippen LogP contribution is -2.40. The Morgan fingerprint density at radius 3 is 2.20 bits per heavy atom. The van der Waals surface area contributed by atoms with Gasteiger partial charge in [0.05, 0.1) is 4.92 Å². The average Bonchev–Trinajstić information content (AvgIpc) is 2.42. The predicted octanol–water partition coefficient (Wildman–Crippen LogP) is -0.00340. The monoisotopic (exact) mass is 279 g/mol. The summed E-state index contributed by atoms with van der Waals surface area (Å²) in [6.07, 6.45) is 1.33. The number of carboxylic acids is 1. The number of hydrazine groups is 1. The Labute approximate surface area is 112 Å². The molecule has 0 heterocycles. The number of nitro benzene ring substituents is 1. The molecule has 9 nitrogen and oxygen atoms in total. The molecule has 0 saturated heterocycles. The Morgan fingerprint density at radius 1 is 1.10 bits per heavy atom. The van der Waals surface area contributed by atoms with Crippen molar-refractivity contribution in [3.05, 3.63) is 52.1 Å². The Bertz CT molecular complexity index is 578. The van der Waals surface area contributed by atoms with Gasteiger partial charge in [0.25, 0.3) is 17.5 Å². The van der Waals surface area contributed by atoms with Crippen LogP contribution in [-0.4, -0.2) is 27.8 Å². The number of aliphatic carboxylic acids is 1. The molecule has 0 aromatic heterocycles. The zero-order valence-electron chi connectivity index (χ0n) is 9.90. The maximum Gasteiger partial charge on any atom is 0.328 e. The number of carbonyl (C=O) groups is 3. The molecule has 0 saturated carbocycles. The van der Waals surface area contributed by atoms with Gasteiger partial charge in [-0.1, -0.05) is 0 Å². The van der Waals surface area contributed by atoms with Crippen LogP contribution in [0.5, 0.6) is 0 Å². The molecule has 0 fully saturated rings. The quantitative estimate of drug-likeness (QED) is 0.402. The predicted molar refractivity (Wildman–Crippen MR) is 65.5 cm³/mol. The van der Waals surface area contributed by atoms with Gasteiger partial charge in [-0.05, 0) is 12.1 Å². The molecule has 1 aromatic carbocycles. The second-order valence-electron chi connectivity index (χ2n) is 3.42. The van der Waals surface area contributed by atoms with E-state index in [1.807, 2.05) is 10.9 Å². The molecule has 1 rings (SSSR count). The van der Waals surface area contributed by atoms with Gasteiger partial charge in [0, 0.05) is 29.8 Å². The number of hydrogen-bond acceptors (Lipinski definition) is 5. The summed E-state index contributed by atoms with van der Waals surface area (Å²) in [4.78, 5) is 42.5. The summed E-state index contributed by atoms with van der Waals surface area (Å²) >= 11 is 0. The second-order valence-corrected chi connectivity index (χ2v) is 3.42. The Hall–Kier alpha value is -3.23. The van der Waals surface area contributed by atoms with E-state index in [1.165, 1.54) is 12.1 Å². The second kappa shape index (κ2) is 6.64. The standard InChI is InChI=1S/C11H9N3O6/c15-9(5-6-10(16)17)12-13-11(18)7-1-3-8(4-2-7)14(19)20/h1-6H,(H,12,15)(H,13,18)(H,16,17)/b6-5+. The molecule has 104 valence electrons. The van der Waals surface area contributed by atoms with Crippen LogP contribution >= 0.6 is 0 Å². The van der Waals surface area contributed by atoms with Gasteiger partial charge in [-0.2, -0.15) is 0 Å². The zero-order chi connectivity index (χ0) is 15.1. The maximum atomic E-state index is 11.5. The van der Waals surface area contributed by atoms with E-state index >= 15 is 0 Å². The van der Waals surface area contributed by atoms with Gasteiger partial charge in [0.15, 0.2) is 0 Å². The van der Waals surface area contributed by atoms with Gasteiger partial charge in [-0.25, -0.2) is 4.79 Å². The molecule has 0 aliphatic rings. The van der Waals surface area contributed by atoms with Crippen LogP contribution in [-0.2, 0) is 9.59 Å². The van der Waals surface area contributed by atoms with Crippen molar-refractivity contribution in [2.45, 2.75) is 0 Å². The van der Waals surface area contributed by atoms with Crippen LogP contribution in [0.3, 0.4) is 0 Å². The molecule has 0 radical (unpaired) electrons. The maximum absolute atomic E-state index is 11.5. The minimum absolute atomic E-state index is 0.0955. The summed E-state index contributed by atoms with van der Waals surface area (Å²) in [7, 11) is 0. The normalized spacial score (nSPS) is 10.0. The van der Waals surface area contributed by atoms with E-state index in [2.05, 4.69) is 0 Å². The first-order valence-corrected chi connectivity index (χ1v) is 5.16.